The third-order valence-electron chi connectivity index (χ3n) is 6.91. The number of hydrogen-bond acceptors (Lipinski definition) is 2. The first-order valence-electron chi connectivity index (χ1n) is 11.9. The highest BCUT2D eigenvalue weighted by molar-refractivity contribution is 5.77. The minimum absolute atomic E-state index is 0.416. The Morgan fingerprint density at radius 2 is 1.71 bits per heavy atom. The van der Waals surface area contributed by atoms with Crippen LogP contribution in [-0.4, -0.2) is 27.5 Å². The molecule has 0 amide bonds. The molecule has 0 atom stereocenters. The van der Waals surface area contributed by atoms with Crippen LogP contribution in [0.15, 0.2) is 79.6 Å². The highest BCUT2D eigenvalue weighted by atomic mass is 19.4. The maximum atomic E-state index is 13.0. The van der Waals surface area contributed by atoms with Gasteiger partial charge in [0.1, 0.15) is 5.65 Å². The average molecular weight is 476 g/mol. The van der Waals surface area contributed by atoms with Gasteiger partial charge in [-0.2, -0.15) is 13.2 Å². The fraction of sp³-hybridized carbons (Fsp3) is 0.276. The SMILES string of the molecule is C=Cc1ccc(Cn2ccc3cc(C4CCN(Cc5cccc(C(F)(F)F)c5)CC4)cnc32)cc1. The van der Waals surface area contributed by atoms with E-state index in [2.05, 4.69) is 58.6 Å². The molecule has 1 aliphatic rings. The Labute approximate surface area is 203 Å². The molecule has 1 aliphatic heterocycles. The van der Waals surface area contributed by atoms with E-state index in [9.17, 15) is 13.2 Å². The van der Waals surface area contributed by atoms with Crippen molar-refractivity contribution in [2.75, 3.05) is 13.1 Å². The van der Waals surface area contributed by atoms with Gasteiger partial charge in [-0.05, 0) is 72.3 Å². The monoisotopic (exact) mass is 475 g/mol. The third-order valence-corrected chi connectivity index (χ3v) is 6.91. The van der Waals surface area contributed by atoms with Crippen LogP contribution < -0.4 is 0 Å². The van der Waals surface area contributed by atoms with E-state index in [-0.39, 0.29) is 0 Å². The number of pyridine rings is 1. The zero-order chi connectivity index (χ0) is 24.4. The molecule has 4 aromatic rings. The van der Waals surface area contributed by atoms with E-state index in [0.29, 0.717) is 18.0 Å². The molecule has 0 saturated carbocycles. The summed E-state index contributed by atoms with van der Waals surface area (Å²) >= 11 is 0. The molecule has 35 heavy (non-hydrogen) atoms. The number of hydrogen-bond donors (Lipinski definition) is 0. The lowest BCUT2D eigenvalue weighted by atomic mass is 9.90. The van der Waals surface area contributed by atoms with E-state index in [1.165, 1.54) is 23.3 Å². The number of halogens is 3. The summed E-state index contributed by atoms with van der Waals surface area (Å²) in [5.74, 6) is 0.416. The summed E-state index contributed by atoms with van der Waals surface area (Å²) in [6.45, 7) is 6.84. The van der Waals surface area contributed by atoms with Crippen LogP contribution in [0.2, 0.25) is 0 Å². The minimum atomic E-state index is -4.30. The zero-order valence-electron chi connectivity index (χ0n) is 19.5. The second-order valence-corrected chi connectivity index (χ2v) is 9.32. The number of fused-ring (bicyclic) bond motifs is 1. The predicted molar refractivity (Wildman–Crippen MR) is 134 cm³/mol. The molecule has 2 aromatic heterocycles. The van der Waals surface area contributed by atoms with Crippen molar-refractivity contribution in [2.45, 2.75) is 38.0 Å². The second kappa shape index (κ2) is 9.70. The van der Waals surface area contributed by atoms with Gasteiger partial charge in [-0.1, -0.05) is 55.1 Å². The standard InChI is InChI=1S/C29H28F3N3/c1-2-21-6-8-22(9-7-21)20-35-15-12-25-17-26(18-33-28(25)35)24-10-13-34(14-11-24)19-23-4-3-5-27(16-23)29(30,31)32/h2-9,12,15-18,24H,1,10-11,13-14,19-20H2. The van der Waals surface area contributed by atoms with E-state index < -0.39 is 11.7 Å². The molecule has 0 aliphatic carbocycles. The Bertz CT molecular complexity index is 1310. The van der Waals surface area contributed by atoms with Gasteiger partial charge in [0.25, 0.3) is 0 Å². The van der Waals surface area contributed by atoms with Crippen LogP contribution in [0.1, 0.15) is 46.6 Å². The van der Waals surface area contributed by atoms with Crippen LogP contribution in [0.4, 0.5) is 13.2 Å². The first-order valence-corrected chi connectivity index (χ1v) is 11.9. The molecular weight excluding hydrogens is 447 g/mol. The molecule has 0 bridgehead atoms. The molecule has 0 radical (unpaired) electrons. The highest BCUT2D eigenvalue weighted by Crippen LogP contribution is 2.32. The van der Waals surface area contributed by atoms with Crippen molar-refractivity contribution in [2.24, 2.45) is 0 Å². The predicted octanol–water partition coefficient (Wildman–Crippen LogP) is 7.13. The Morgan fingerprint density at radius 3 is 2.43 bits per heavy atom. The number of nitrogens with zero attached hydrogens (tertiary/aromatic N) is 3. The summed E-state index contributed by atoms with van der Waals surface area (Å²) in [6, 6.07) is 18.4. The van der Waals surface area contributed by atoms with E-state index in [1.54, 1.807) is 6.07 Å². The largest absolute Gasteiger partial charge is 0.416 e. The Morgan fingerprint density at radius 1 is 0.943 bits per heavy atom. The lowest BCUT2D eigenvalue weighted by Crippen LogP contribution is -2.32. The van der Waals surface area contributed by atoms with Crippen molar-refractivity contribution in [1.82, 2.24) is 14.5 Å². The topological polar surface area (TPSA) is 21.1 Å². The van der Waals surface area contributed by atoms with Crippen molar-refractivity contribution in [3.05, 3.63) is 107 Å². The van der Waals surface area contributed by atoms with Crippen molar-refractivity contribution in [3.63, 3.8) is 0 Å². The number of aromatic nitrogens is 2. The van der Waals surface area contributed by atoms with E-state index in [0.717, 1.165) is 55.1 Å². The molecule has 5 rings (SSSR count). The van der Waals surface area contributed by atoms with Crippen LogP contribution in [0.5, 0.6) is 0 Å². The van der Waals surface area contributed by atoms with Crippen LogP contribution in [0, 0.1) is 0 Å². The highest BCUT2D eigenvalue weighted by Gasteiger charge is 2.30. The summed E-state index contributed by atoms with van der Waals surface area (Å²) in [5.41, 5.74) is 4.67. The smallest absolute Gasteiger partial charge is 0.328 e. The average Bonchev–Trinajstić information content (AvgIpc) is 3.26. The van der Waals surface area contributed by atoms with E-state index >= 15 is 0 Å². The first-order chi connectivity index (χ1) is 16.9. The van der Waals surface area contributed by atoms with Gasteiger partial charge < -0.3 is 4.57 Å². The number of benzene rings is 2. The molecule has 2 aromatic carbocycles. The first kappa shape index (κ1) is 23.4. The molecule has 0 unspecified atom stereocenters. The molecule has 6 heteroatoms. The van der Waals surface area contributed by atoms with Gasteiger partial charge in [0.15, 0.2) is 0 Å². The maximum Gasteiger partial charge on any atom is 0.416 e. The summed E-state index contributed by atoms with van der Waals surface area (Å²) in [5, 5.41) is 1.14. The molecule has 0 N–H and O–H groups in total. The molecule has 180 valence electrons. The Balaban J connectivity index is 1.22. The summed E-state index contributed by atoms with van der Waals surface area (Å²) in [4.78, 5) is 7.03. The van der Waals surface area contributed by atoms with Crippen LogP contribution >= 0.6 is 0 Å². The quantitative estimate of drug-likeness (QED) is 0.296. The van der Waals surface area contributed by atoms with Crippen molar-refractivity contribution < 1.29 is 13.2 Å². The van der Waals surface area contributed by atoms with Gasteiger partial charge in [-0.25, -0.2) is 4.98 Å². The van der Waals surface area contributed by atoms with Gasteiger partial charge in [-0.3, -0.25) is 4.90 Å². The Kier molecular flexibility index (Phi) is 6.48. The minimum Gasteiger partial charge on any atom is -0.328 e. The summed E-state index contributed by atoms with van der Waals surface area (Å²) in [6.07, 6.45) is 3.57. The van der Waals surface area contributed by atoms with Crippen molar-refractivity contribution in [3.8, 4) is 0 Å². The summed E-state index contributed by atoms with van der Waals surface area (Å²) in [7, 11) is 0. The Hall–Kier alpha value is -3.38. The zero-order valence-corrected chi connectivity index (χ0v) is 19.5. The van der Waals surface area contributed by atoms with Gasteiger partial charge in [0.05, 0.1) is 5.56 Å². The van der Waals surface area contributed by atoms with Crippen molar-refractivity contribution in [1.29, 1.82) is 0 Å². The molecule has 3 nitrogen and oxygen atoms in total. The molecule has 0 spiro atoms. The number of alkyl halides is 3. The van der Waals surface area contributed by atoms with Crippen LogP contribution in [0.25, 0.3) is 17.1 Å². The maximum absolute atomic E-state index is 13.0. The fourth-order valence-corrected chi connectivity index (χ4v) is 4.93. The van der Waals surface area contributed by atoms with Crippen molar-refractivity contribution >= 4 is 17.1 Å². The van der Waals surface area contributed by atoms with Gasteiger partial charge in [0, 0.05) is 30.9 Å². The lowest BCUT2D eigenvalue weighted by Gasteiger charge is -2.32. The number of piperidine rings is 1. The van der Waals surface area contributed by atoms with Crippen LogP contribution in [-0.2, 0) is 19.3 Å². The fourth-order valence-electron chi connectivity index (χ4n) is 4.93. The third kappa shape index (κ3) is 5.33. The number of likely N-dealkylation sites (tertiary alicyclic amines) is 1. The van der Waals surface area contributed by atoms with Gasteiger partial charge in [0.2, 0.25) is 0 Å². The molecular formula is C29H28F3N3. The molecule has 1 saturated heterocycles. The normalized spacial score (nSPS) is 15.5. The van der Waals surface area contributed by atoms with Crippen LogP contribution in [0.3, 0.4) is 0 Å². The van der Waals surface area contributed by atoms with E-state index in [4.69, 9.17) is 4.98 Å². The second-order valence-electron chi connectivity index (χ2n) is 9.32. The van der Waals surface area contributed by atoms with Gasteiger partial charge >= 0.3 is 6.18 Å². The van der Waals surface area contributed by atoms with E-state index in [1.807, 2.05) is 12.3 Å². The lowest BCUT2D eigenvalue weighted by molar-refractivity contribution is -0.137. The molecule has 3 heterocycles. The molecule has 1 fully saturated rings. The number of rotatable bonds is 6. The summed E-state index contributed by atoms with van der Waals surface area (Å²) < 4.78 is 41.2. The van der Waals surface area contributed by atoms with Gasteiger partial charge in [-0.15, -0.1) is 0 Å².